The molecule has 4 rings (SSSR count). The second kappa shape index (κ2) is 8.16. The van der Waals surface area contributed by atoms with Crippen molar-refractivity contribution in [3.63, 3.8) is 0 Å². The minimum Gasteiger partial charge on any atom is -0.462 e. The van der Waals surface area contributed by atoms with E-state index in [4.69, 9.17) is 4.74 Å². The molecule has 0 aliphatic carbocycles. The van der Waals surface area contributed by atoms with Gasteiger partial charge in [0.05, 0.1) is 39.8 Å². The van der Waals surface area contributed by atoms with E-state index < -0.39 is 17.2 Å². The van der Waals surface area contributed by atoms with Gasteiger partial charge in [-0.2, -0.15) is 0 Å². The first kappa shape index (κ1) is 21.6. The average Bonchev–Trinajstić information content (AvgIpc) is 2.69. The number of hydrogen-bond donors (Lipinski definition) is 1. The monoisotopic (exact) mass is 448 g/mol. The standard InChI is InChI=1S/C21H25FN4O4S/c1-5-30-21(29)14-19(28)13-11(2)15(22)18(25-8-6-24(4)7-9-25)16(23-12(3)27)17(13)26-10-31-20(14)26/h5-10H2,1-4H3,(H,23,27). The molecule has 0 saturated carbocycles. The Balaban J connectivity index is 2.06. The maximum absolute atomic E-state index is 15.8. The van der Waals surface area contributed by atoms with Crippen LogP contribution in [0.3, 0.4) is 0 Å². The summed E-state index contributed by atoms with van der Waals surface area (Å²) in [6, 6.07) is 0. The van der Waals surface area contributed by atoms with Crippen molar-refractivity contribution in [2.24, 2.45) is 0 Å². The van der Waals surface area contributed by atoms with Gasteiger partial charge in [0, 0.05) is 38.7 Å². The lowest BCUT2D eigenvalue weighted by Gasteiger charge is -2.37. The van der Waals surface area contributed by atoms with E-state index >= 15 is 4.39 Å². The molecule has 8 nitrogen and oxygen atoms in total. The summed E-state index contributed by atoms with van der Waals surface area (Å²) < 4.78 is 22.6. The Morgan fingerprint density at radius 3 is 2.45 bits per heavy atom. The van der Waals surface area contributed by atoms with Gasteiger partial charge in [0.1, 0.15) is 5.56 Å². The molecule has 1 aromatic carbocycles. The number of nitrogens with one attached hydrogen (secondary N) is 1. The fourth-order valence-electron chi connectivity index (χ4n) is 4.15. The number of anilines is 2. The number of pyridine rings is 1. The molecule has 0 unspecified atom stereocenters. The topological polar surface area (TPSA) is 83.9 Å². The van der Waals surface area contributed by atoms with Crippen LogP contribution in [0.5, 0.6) is 0 Å². The molecule has 10 heteroatoms. The Hall–Kier alpha value is -2.59. The Morgan fingerprint density at radius 2 is 1.90 bits per heavy atom. The predicted octanol–water partition coefficient (Wildman–Crippen LogP) is 2.40. The summed E-state index contributed by atoms with van der Waals surface area (Å²) in [7, 11) is 2.00. The largest absolute Gasteiger partial charge is 0.462 e. The molecule has 1 amide bonds. The lowest BCUT2D eigenvalue weighted by atomic mass is 10.0. The number of esters is 1. The number of halogens is 1. The van der Waals surface area contributed by atoms with Gasteiger partial charge in [0.15, 0.2) is 5.82 Å². The number of hydrogen-bond acceptors (Lipinski definition) is 7. The van der Waals surface area contributed by atoms with Crippen LogP contribution in [-0.2, 0) is 15.4 Å². The zero-order valence-electron chi connectivity index (χ0n) is 18.0. The van der Waals surface area contributed by atoms with Crippen molar-refractivity contribution in [3.8, 4) is 0 Å². The maximum Gasteiger partial charge on any atom is 0.344 e. The summed E-state index contributed by atoms with van der Waals surface area (Å²) in [6.45, 7) is 7.40. The highest BCUT2D eigenvalue weighted by atomic mass is 32.2. The number of amides is 1. The Morgan fingerprint density at radius 1 is 1.23 bits per heavy atom. The van der Waals surface area contributed by atoms with E-state index in [1.165, 1.54) is 18.7 Å². The van der Waals surface area contributed by atoms with E-state index in [1.54, 1.807) is 18.4 Å². The van der Waals surface area contributed by atoms with Crippen molar-refractivity contribution in [3.05, 3.63) is 27.2 Å². The SMILES string of the molecule is CCOC(=O)c1c2n(c3c(NC(C)=O)c(N4CCN(C)CC4)c(F)c(C)c3c1=O)CS2. The number of carbonyl (C=O) groups is 2. The number of thioether (sulfide) groups is 1. The highest BCUT2D eigenvalue weighted by molar-refractivity contribution is 7.99. The second-order valence-corrected chi connectivity index (χ2v) is 8.72. The third-order valence-electron chi connectivity index (χ3n) is 5.74. The van der Waals surface area contributed by atoms with E-state index in [1.807, 2.05) is 11.9 Å². The predicted molar refractivity (Wildman–Crippen MR) is 119 cm³/mol. The summed E-state index contributed by atoms with van der Waals surface area (Å²) in [5.74, 6) is -1.14. The van der Waals surface area contributed by atoms with Gasteiger partial charge in [0.25, 0.3) is 0 Å². The first-order chi connectivity index (χ1) is 14.8. The highest BCUT2D eigenvalue weighted by Crippen LogP contribution is 2.44. The van der Waals surface area contributed by atoms with Gasteiger partial charge in [-0.05, 0) is 20.9 Å². The summed E-state index contributed by atoms with van der Waals surface area (Å²) in [5, 5.41) is 3.36. The van der Waals surface area contributed by atoms with Gasteiger partial charge < -0.3 is 24.4 Å². The minimum absolute atomic E-state index is 0.0748. The molecule has 1 fully saturated rings. The lowest BCUT2D eigenvalue weighted by molar-refractivity contribution is -0.114. The third kappa shape index (κ3) is 3.47. The number of ether oxygens (including phenoxy) is 1. The van der Waals surface area contributed by atoms with Crippen molar-refractivity contribution in [1.29, 1.82) is 0 Å². The molecule has 0 atom stereocenters. The van der Waals surface area contributed by atoms with E-state index in [-0.39, 0.29) is 34.7 Å². The van der Waals surface area contributed by atoms with Gasteiger partial charge in [-0.15, -0.1) is 0 Å². The number of piperazine rings is 1. The summed E-state index contributed by atoms with van der Waals surface area (Å²) in [5.41, 5.74) is 0.553. The normalized spacial score (nSPS) is 16.1. The summed E-state index contributed by atoms with van der Waals surface area (Å²) >= 11 is 1.36. The molecule has 0 bridgehead atoms. The van der Waals surface area contributed by atoms with E-state index in [2.05, 4.69) is 10.2 Å². The molecule has 2 aliphatic heterocycles. The molecule has 2 aliphatic rings. The lowest BCUT2D eigenvalue weighted by Crippen LogP contribution is -2.45. The molecule has 1 aromatic heterocycles. The van der Waals surface area contributed by atoms with Gasteiger partial charge in [-0.1, -0.05) is 11.8 Å². The van der Waals surface area contributed by atoms with E-state index in [0.717, 1.165) is 13.1 Å². The molecule has 1 saturated heterocycles. The summed E-state index contributed by atoms with van der Waals surface area (Å²) in [4.78, 5) is 42.0. The molecule has 166 valence electrons. The fraction of sp³-hybridized carbons (Fsp3) is 0.476. The average molecular weight is 449 g/mol. The van der Waals surface area contributed by atoms with Crippen molar-refractivity contribution in [2.45, 2.75) is 31.7 Å². The van der Waals surface area contributed by atoms with Crippen LogP contribution in [0, 0.1) is 12.7 Å². The van der Waals surface area contributed by atoms with Crippen molar-refractivity contribution < 1.29 is 18.7 Å². The maximum atomic E-state index is 15.8. The van der Waals surface area contributed by atoms with Gasteiger partial charge >= 0.3 is 5.97 Å². The molecule has 0 spiro atoms. The number of benzene rings is 1. The van der Waals surface area contributed by atoms with E-state index in [0.29, 0.717) is 35.2 Å². The van der Waals surface area contributed by atoms with Crippen molar-refractivity contribution in [2.75, 3.05) is 50.1 Å². The first-order valence-electron chi connectivity index (χ1n) is 10.2. The minimum atomic E-state index is -0.714. The Kier molecular flexibility index (Phi) is 5.69. The molecular formula is C21H25FN4O4S. The molecule has 3 heterocycles. The zero-order chi connectivity index (χ0) is 22.4. The number of carbonyl (C=O) groups excluding carboxylic acids is 2. The van der Waals surface area contributed by atoms with Gasteiger partial charge in [-0.25, -0.2) is 9.18 Å². The quantitative estimate of drug-likeness (QED) is 0.719. The Labute approximate surface area is 183 Å². The van der Waals surface area contributed by atoms with E-state index in [9.17, 15) is 14.4 Å². The number of rotatable bonds is 4. The van der Waals surface area contributed by atoms with Crippen molar-refractivity contribution in [1.82, 2.24) is 9.47 Å². The van der Waals surface area contributed by atoms with Crippen LogP contribution in [-0.4, -0.2) is 61.2 Å². The smallest absolute Gasteiger partial charge is 0.344 e. The fourth-order valence-corrected chi connectivity index (χ4v) is 5.08. The first-order valence-corrected chi connectivity index (χ1v) is 11.2. The Bertz CT molecular complexity index is 1150. The highest BCUT2D eigenvalue weighted by Gasteiger charge is 2.34. The van der Waals surface area contributed by atoms with Crippen LogP contribution in [0.1, 0.15) is 29.8 Å². The molecular weight excluding hydrogens is 423 g/mol. The second-order valence-electron chi connectivity index (χ2n) is 7.79. The molecule has 0 radical (unpaired) electrons. The van der Waals surface area contributed by atoms with Crippen LogP contribution in [0.4, 0.5) is 15.8 Å². The summed E-state index contributed by atoms with van der Waals surface area (Å²) in [6.07, 6.45) is 0. The van der Waals surface area contributed by atoms with Crippen LogP contribution in [0.2, 0.25) is 0 Å². The van der Waals surface area contributed by atoms with Gasteiger partial charge in [-0.3, -0.25) is 9.59 Å². The van der Waals surface area contributed by atoms with Gasteiger partial charge in [0.2, 0.25) is 11.3 Å². The number of aromatic nitrogens is 1. The van der Waals surface area contributed by atoms with Crippen LogP contribution in [0.15, 0.2) is 9.82 Å². The number of likely N-dealkylation sites (N-methyl/N-ethyl adjacent to an activating group) is 1. The molecule has 1 N–H and O–H groups in total. The van der Waals surface area contributed by atoms with Crippen molar-refractivity contribution >= 4 is 45.9 Å². The number of fused-ring (bicyclic) bond motifs is 3. The van der Waals surface area contributed by atoms with Crippen LogP contribution in [0.25, 0.3) is 10.9 Å². The molecule has 2 aromatic rings. The third-order valence-corrected chi connectivity index (χ3v) is 6.82. The number of nitrogens with zero attached hydrogens (tertiary/aromatic N) is 3. The number of aryl methyl sites for hydroxylation is 1. The van der Waals surface area contributed by atoms with Crippen LogP contribution >= 0.6 is 11.8 Å². The van der Waals surface area contributed by atoms with Crippen LogP contribution < -0.4 is 15.6 Å². The zero-order valence-corrected chi connectivity index (χ0v) is 18.8. The molecule has 31 heavy (non-hydrogen) atoms.